The number of amides is 2. The summed E-state index contributed by atoms with van der Waals surface area (Å²) in [5.41, 5.74) is 3.97. The van der Waals surface area contributed by atoms with Crippen LogP contribution in [0.3, 0.4) is 0 Å². The van der Waals surface area contributed by atoms with Gasteiger partial charge < -0.3 is 10.1 Å². The molecule has 0 aliphatic carbocycles. The second kappa shape index (κ2) is 13.0. The molecule has 2 heterocycles. The van der Waals surface area contributed by atoms with Crippen LogP contribution in [0, 0.1) is 12.7 Å². The normalized spacial score (nSPS) is 15.5. The largest absolute Gasteiger partial charge is 0.376 e. The zero-order valence-electron chi connectivity index (χ0n) is 24.0. The van der Waals surface area contributed by atoms with E-state index in [-0.39, 0.29) is 30.2 Å². The third-order valence-corrected chi connectivity index (χ3v) is 7.37. The SMILES string of the molecule is Cc1ccc([C@@H](C(=O)NC[C@H]2CCCO2)N(C(=O)Cn2nnc(-c3ccc(F)cc3)n2)c2ccc(C(C)C)cc2)cc1. The molecular formula is C32H35FN6O3. The Balaban J connectivity index is 1.49. The number of benzene rings is 3. The second-order valence-electron chi connectivity index (χ2n) is 10.9. The molecule has 1 fully saturated rings. The zero-order chi connectivity index (χ0) is 29.6. The van der Waals surface area contributed by atoms with Crippen molar-refractivity contribution in [2.45, 2.75) is 58.2 Å². The summed E-state index contributed by atoms with van der Waals surface area (Å²) in [6.45, 7) is 6.95. The van der Waals surface area contributed by atoms with Crippen molar-refractivity contribution in [1.82, 2.24) is 25.5 Å². The van der Waals surface area contributed by atoms with Crippen LogP contribution in [0.15, 0.2) is 72.8 Å². The minimum Gasteiger partial charge on any atom is -0.376 e. The topological polar surface area (TPSA) is 102 Å². The lowest BCUT2D eigenvalue weighted by Gasteiger charge is -2.32. The third kappa shape index (κ3) is 6.88. The van der Waals surface area contributed by atoms with E-state index in [4.69, 9.17) is 4.74 Å². The van der Waals surface area contributed by atoms with Crippen LogP contribution in [0.5, 0.6) is 0 Å². The van der Waals surface area contributed by atoms with Crippen molar-refractivity contribution < 1.29 is 18.7 Å². The Morgan fingerprint density at radius 3 is 2.36 bits per heavy atom. The molecule has 3 aromatic carbocycles. The highest BCUT2D eigenvalue weighted by Gasteiger charge is 2.34. The third-order valence-electron chi connectivity index (χ3n) is 7.37. The summed E-state index contributed by atoms with van der Waals surface area (Å²) >= 11 is 0. The summed E-state index contributed by atoms with van der Waals surface area (Å²) < 4.78 is 19.1. The van der Waals surface area contributed by atoms with Crippen LogP contribution in [-0.4, -0.2) is 51.3 Å². The number of hydrogen-bond donors (Lipinski definition) is 1. The van der Waals surface area contributed by atoms with Crippen molar-refractivity contribution >= 4 is 17.5 Å². The highest BCUT2D eigenvalue weighted by atomic mass is 19.1. The molecular weight excluding hydrogens is 535 g/mol. The van der Waals surface area contributed by atoms with E-state index >= 15 is 0 Å². The number of rotatable bonds is 10. The number of tetrazole rings is 1. The molecule has 1 N–H and O–H groups in total. The molecule has 1 saturated heterocycles. The number of carbonyl (C=O) groups is 2. The number of carbonyl (C=O) groups excluding carboxylic acids is 2. The van der Waals surface area contributed by atoms with Crippen LogP contribution < -0.4 is 10.2 Å². The van der Waals surface area contributed by atoms with Crippen LogP contribution in [0.1, 0.15) is 55.3 Å². The minimum absolute atomic E-state index is 0.0497. The Labute approximate surface area is 244 Å². The average Bonchev–Trinajstić information content (AvgIpc) is 3.68. The summed E-state index contributed by atoms with van der Waals surface area (Å²) in [6, 6.07) is 20.0. The van der Waals surface area contributed by atoms with Gasteiger partial charge >= 0.3 is 0 Å². The summed E-state index contributed by atoms with van der Waals surface area (Å²) in [5.74, 6) is -0.516. The maximum absolute atomic E-state index is 14.1. The minimum atomic E-state index is -0.954. The number of aryl methyl sites for hydroxylation is 1. The number of anilines is 1. The first kappa shape index (κ1) is 29.1. The lowest BCUT2D eigenvalue weighted by atomic mass is 9.99. The summed E-state index contributed by atoms with van der Waals surface area (Å²) in [4.78, 5) is 30.7. The van der Waals surface area contributed by atoms with E-state index < -0.39 is 11.9 Å². The first-order valence-corrected chi connectivity index (χ1v) is 14.2. The Kier molecular flexibility index (Phi) is 9.02. The number of halogens is 1. The fraction of sp³-hybridized carbons (Fsp3) is 0.344. The Morgan fingerprint density at radius 1 is 1.02 bits per heavy atom. The molecule has 0 saturated carbocycles. The monoisotopic (exact) mass is 570 g/mol. The predicted molar refractivity (Wildman–Crippen MR) is 157 cm³/mol. The van der Waals surface area contributed by atoms with E-state index in [0.29, 0.717) is 35.9 Å². The maximum atomic E-state index is 14.1. The molecule has 1 aliphatic rings. The fourth-order valence-electron chi connectivity index (χ4n) is 4.96. The quantitative estimate of drug-likeness (QED) is 0.289. The Bertz CT molecular complexity index is 1500. The van der Waals surface area contributed by atoms with E-state index in [1.165, 1.54) is 21.8 Å². The van der Waals surface area contributed by atoms with Gasteiger partial charge in [0, 0.05) is 24.4 Å². The number of nitrogens with one attached hydrogen (secondary N) is 1. The summed E-state index contributed by atoms with van der Waals surface area (Å²) in [5, 5.41) is 15.5. The summed E-state index contributed by atoms with van der Waals surface area (Å²) in [6.07, 6.45) is 1.79. The number of hydrogen-bond acceptors (Lipinski definition) is 6. The standard InChI is InChI=1S/C32H35FN6O3/c1-21(2)23-12-16-27(17-13-23)39(29(40)20-38-36-31(35-37-38)25-10-14-26(33)15-11-25)30(24-8-6-22(3)7-9-24)32(41)34-19-28-5-4-18-42-28/h6-17,21,28,30H,4-5,18-20H2,1-3H3,(H,34,41)/t28-,30+/m1/s1. The molecule has 9 nitrogen and oxygen atoms in total. The molecule has 5 rings (SSSR count). The molecule has 10 heteroatoms. The molecule has 218 valence electrons. The van der Waals surface area contributed by atoms with Gasteiger partial charge in [-0.3, -0.25) is 14.5 Å². The van der Waals surface area contributed by atoms with Gasteiger partial charge in [-0.2, -0.15) is 4.80 Å². The van der Waals surface area contributed by atoms with Crippen molar-refractivity contribution in [2.75, 3.05) is 18.1 Å². The van der Waals surface area contributed by atoms with E-state index in [9.17, 15) is 14.0 Å². The van der Waals surface area contributed by atoms with Crippen molar-refractivity contribution in [1.29, 1.82) is 0 Å². The van der Waals surface area contributed by atoms with Crippen LogP contribution in [0.2, 0.25) is 0 Å². The van der Waals surface area contributed by atoms with Gasteiger partial charge in [-0.05, 0) is 78.4 Å². The van der Waals surface area contributed by atoms with Crippen molar-refractivity contribution in [3.05, 3.63) is 95.3 Å². The van der Waals surface area contributed by atoms with Crippen molar-refractivity contribution in [3.63, 3.8) is 0 Å². The molecule has 0 radical (unpaired) electrons. The van der Waals surface area contributed by atoms with E-state index in [2.05, 4.69) is 34.6 Å². The molecule has 2 atom stereocenters. The van der Waals surface area contributed by atoms with Crippen LogP contribution in [0.4, 0.5) is 10.1 Å². The van der Waals surface area contributed by atoms with Gasteiger partial charge in [-0.1, -0.05) is 55.8 Å². The summed E-state index contributed by atoms with van der Waals surface area (Å²) in [7, 11) is 0. The Hall–Kier alpha value is -4.44. The molecule has 42 heavy (non-hydrogen) atoms. The van der Waals surface area contributed by atoms with E-state index in [1.54, 1.807) is 12.1 Å². The molecule has 1 aliphatic heterocycles. The second-order valence-corrected chi connectivity index (χ2v) is 10.9. The van der Waals surface area contributed by atoms with Gasteiger partial charge in [0.05, 0.1) is 6.10 Å². The molecule has 2 amide bonds. The fourth-order valence-corrected chi connectivity index (χ4v) is 4.96. The molecule has 0 unspecified atom stereocenters. The van der Waals surface area contributed by atoms with Crippen molar-refractivity contribution in [3.8, 4) is 11.4 Å². The molecule has 1 aromatic heterocycles. The van der Waals surface area contributed by atoms with Gasteiger partial charge in [-0.15, -0.1) is 10.2 Å². The van der Waals surface area contributed by atoms with E-state index in [0.717, 1.165) is 24.0 Å². The lowest BCUT2D eigenvalue weighted by Crippen LogP contribution is -2.46. The first-order chi connectivity index (χ1) is 20.3. The van der Waals surface area contributed by atoms with Gasteiger partial charge in [-0.25, -0.2) is 4.39 Å². The van der Waals surface area contributed by atoms with Crippen LogP contribution >= 0.6 is 0 Å². The van der Waals surface area contributed by atoms with Gasteiger partial charge in [0.25, 0.3) is 5.91 Å². The predicted octanol–water partition coefficient (Wildman–Crippen LogP) is 4.98. The van der Waals surface area contributed by atoms with Crippen LogP contribution in [0.25, 0.3) is 11.4 Å². The zero-order valence-corrected chi connectivity index (χ0v) is 24.0. The van der Waals surface area contributed by atoms with Crippen molar-refractivity contribution in [2.24, 2.45) is 0 Å². The number of aromatic nitrogens is 4. The maximum Gasteiger partial charge on any atom is 0.251 e. The highest BCUT2D eigenvalue weighted by molar-refractivity contribution is 6.01. The first-order valence-electron chi connectivity index (χ1n) is 14.2. The number of ether oxygens (including phenoxy) is 1. The van der Waals surface area contributed by atoms with Gasteiger partial charge in [0.2, 0.25) is 11.7 Å². The lowest BCUT2D eigenvalue weighted by molar-refractivity contribution is -0.127. The molecule has 4 aromatic rings. The highest BCUT2D eigenvalue weighted by Crippen LogP contribution is 2.30. The van der Waals surface area contributed by atoms with Gasteiger partial charge in [0.15, 0.2) is 0 Å². The number of nitrogens with zero attached hydrogens (tertiary/aromatic N) is 5. The molecule has 0 spiro atoms. The Morgan fingerprint density at radius 2 is 1.71 bits per heavy atom. The smallest absolute Gasteiger partial charge is 0.251 e. The average molecular weight is 571 g/mol. The van der Waals surface area contributed by atoms with E-state index in [1.807, 2.05) is 55.5 Å². The van der Waals surface area contributed by atoms with Crippen LogP contribution in [-0.2, 0) is 20.9 Å². The molecule has 0 bridgehead atoms. The van der Waals surface area contributed by atoms with Gasteiger partial charge in [0.1, 0.15) is 18.4 Å².